The average molecular weight is 468 g/mol. The first-order valence-corrected chi connectivity index (χ1v) is 15.0. The minimum absolute atomic E-state index is 0.696. The van der Waals surface area contributed by atoms with Gasteiger partial charge in [0.25, 0.3) is 5.82 Å². The van der Waals surface area contributed by atoms with E-state index in [1.165, 1.54) is 127 Å². The molecule has 1 heterocycles. The minimum Gasteiger partial charge on any atom is -0.247 e. The SMILES string of the molecule is CCCCCCCCCCCCC[C@H](CCCCCC)c1[nH]cc[n+]1CCCc1ccccc1. The largest absolute Gasteiger partial charge is 0.257 e. The fraction of sp³-hybridized carbons (Fsp3) is 0.719. The molecule has 2 heteroatoms. The maximum atomic E-state index is 3.65. The van der Waals surface area contributed by atoms with Crippen LogP contribution in [0.3, 0.4) is 0 Å². The van der Waals surface area contributed by atoms with E-state index in [1.807, 2.05) is 0 Å². The van der Waals surface area contributed by atoms with Crippen LogP contribution in [0.5, 0.6) is 0 Å². The van der Waals surface area contributed by atoms with Crippen molar-refractivity contribution in [3.63, 3.8) is 0 Å². The van der Waals surface area contributed by atoms with E-state index in [9.17, 15) is 0 Å². The maximum absolute atomic E-state index is 3.65. The van der Waals surface area contributed by atoms with E-state index in [4.69, 9.17) is 0 Å². The molecule has 1 N–H and O–H groups in total. The predicted octanol–water partition coefficient (Wildman–Crippen LogP) is 9.69. The molecule has 0 fully saturated rings. The lowest BCUT2D eigenvalue weighted by Crippen LogP contribution is -2.37. The molecule has 0 bridgehead atoms. The van der Waals surface area contributed by atoms with Crippen LogP contribution in [0.25, 0.3) is 0 Å². The Kier molecular flexibility index (Phi) is 16.6. The molecule has 2 rings (SSSR count). The fourth-order valence-electron chi connectivity index (χ4n) is 5.31. The van der Waals surface area contributed by atoms with Gasteiger partial charge in [0.05, 0.1) is 12.5 Å². The number of imidazole rings is 1. The number of nitrogens with zero attached hydrogens (tertiary/aromatic N) is 1. The third-order valence-electron chi connectivity index (χ3n) is 7.45. The second-order valence-electron chi connectivity index (χ2n) is 10.5. The maximum Gasteiger partial charge on any atom is 0.257 e. The first kappa shape index (κ1) is 28.7. The van der Waals surface area contributed by atoms with Crippen LogP contribution in [0.2, 0.25) is 0 Å². The molecule has 0 aliphatic rings. The summed E-state index contributed by atoms with van der Waals surface area (Å²) < 4.78 is 2.52. The van der Waals surface area contributed by atoms with Crippen molar-refractivity contribution in [2.24, 2.45) is 0 Å². The van der Waals surface area contributed by atoms with E-state index in [2.05, 4.69) is 66.1 Å². The third kappa shape index (κ3) is 12.8. The molecule has 1 aromatic heterocycles. The molecule has 1 atom stereocenters. The summed E-state index contributed by atoms with van der Waals surface area (Å²) in [6.45, 7) is 5.74. The lowest BCUT2D eigenvalue weighted by molar-refractivity contribution is -0.704. The van der Waals surface area contributed by atoms with Crippen LogP contribution in [0.4, 0.5) is 0 Å². The summed E-state index contributed by atoms with van der Waals surface area (Å²) in [6.07, 6.45) is 30.7. The zero-order valence-electron chi connectivity index (χ0n) is 22.7. The number of hydrogen-bond acceptors (Lipinski definition) is 0. The molecule has 2 aromatic rings. The lowest BCUT2D eigenvalue weighted by Gasteiger charge is -2.14. The van der Waals surface area contributed by atoms with Crippen molar-refractivity contribution >= 4 is 0 Å². The number of H-pyrrole nitrogens is 1. The van der Waals surface area contributed by atoms with Gasteiger partial charge in [0.1, 0.15) is 12.4 Å². The molecular weight excluding hydrogens is 412 g/mol. The summed E-state index contributed by atoms with van der Waals surface area (Å²) in [5.41, 5.74) is 1.46. The zero-order chi connectivity index (χ0) is 24.1. The monoisotopic (exact) mass is 467 g/mol. The first-order valence-electron chi connectivity index (χ1n) is 15.0. The Balaban J connectivity index is 1.71. The van der Waals surface area contributed by atoms with Gasteiger partial charge in [-0.25, -0.2) is 9.55 Å². The molecule has 0 saturated carbocycles. The average Bonchev–Trinajstić information content (AvgIpc) is 3.33. The molecule has 2 nitrogen and oxygen atoms in total. The van der Waals surface area contributed by atoms with E-state index in [-0.39, 0.29) is 0 Å². The Labute approximate surface area is 212 Å². The minimum atomic E-state index is 0.696. The molecule has 0 aliphatic carbocycles. The summed E-state index contributed by atoms with van der Waals surface area (Å²) >= 11 is 0. The van der Waals surface area contributed by atoms with Crippen LogP contribution >= 0.6 is 0 Å². The van der Waals surface area contributed by atoms with Crippen LogP contribution in [0.1, 0.15) is 147 Å². The van der Waals surface area contributed by atoms with Crippen molar-refractivity contribution in [1.82, 2.24) is 4.98 Å². The number of aromatic amines is 1. The van der Waals surface area contributed by atoms with Gasteiger partial charge in [-0.3, -0.25) is 0 Å². The Morgan fingerprint density at radius 3 is 1.76 bits per heavy atom. The third-order valence-corrected chi connectivity index (χ3v) is 7.45. The number of aryl methyl sites for hydroxylation is 2. The van der Waals surface area contributed by atoms with Crippen LogP contribution in [-0.4, -0.2) is 4.98 Å². The summed E-state index contributed by atoms with van der Waals surface area (Å²) in [7, 11) is 0. The highest BCUT2D eigenvalue weighted by molar-refractivity contribution is 5.14. The first-order chi connectivity index (χ1) is 16.8. The van der Waals surface area contributed by atoms with Crippen molar-refractivity contribution in [3.8, 4) is 0 Å². The van der Waals surface area contributed by atoms with Gasteiger partial charge in [-0.1, -0.05) is 140 Å². The Morgan fingerprint density at radius 1 is 0.647 bits per heavy atom. The van der Waals surface area contributed by atoms with Crippen LogP contribution in [0.15, 0.2) is 42.7 Å². The van der Waals surface area contributed by atoms with Crippen LogP contribution in [0, 0.1) is 0 Å². The van der Waals surface area contributed by atoms with Crippen LogP contribution in [-0.2, 0) is 13.0 Å². The number of hydrogen-bond donors (Lipinski definition) is 1. The van der Waals surface area contributed by atoms with Crippen molar-refractivity contribution < 1.29 is 4.57 Å². The van der Waals surface area contributed by atoms with Gasteiger partial charge < -0.3 is 0 Å². The summed E-state index contributed by atoms with van der Waals surface area (Å²) in [5, 5.41) is 0. The van der Waals surface area contributed by atoms with E-state index in [1.54, 1.807) is 0 Å². The second kappa shape index (κ2) is 19.7. The molecule has 0 aliphatic heterocycles. The van der Waals surface area contributed by atoms with Gasteiger partial charge in [0, 0.05) is 0 Å². The number of unbranched alkanes of at least 4 members (excludes halogenated alkanes) is 13. The molecule has 34 heavy (non-hydrogen) atoms. The van der Waals surface area contributed by atoms with Crippen molar-refractivity contribution in [3.05, 3.63) is 54.1 Å². The highest BCUT2D eigenvalue weighted by Gasteiger charge is 2.22. The Bertz CT molecular complexity index is 690. The van der Waals surface area contributed by atoms with Crippen molar-refractivity contribution in [2.75, 3.05) is 0 Å². The second-order valence-corrected chi connectivity index (χ2v) is 10.5. The predicted molar refractivity (Wildman–Crippen MR) is 148 cm³/mol. The smallest absolute Gasteiger partial charge is 0.247 e. The standard InChI is InChI=1S/C32H54N2/c1-3-5-7-9-10-11-12-13-14-15-20-26-31(25-19-8-6-4-2)32-33-27-29-34(32)28-21-24-30-22-17-16-18-23-30/h16-18,22-23,27,29,31H,3-15,19-21,24-26,28H2,1-2H3/p+1/t31-/m0/s1. The van der Waals surface area contributed by atoms with E-state index in [0.29, 0.717) is 5.92 Å². The molecule has 0 saturated heterocycles. The number of benzene rings is 1. The van der Waals surface area contributed by atoms with Gasteiger partial charge in [0.15, 0.2) is 0 Å². The fourth-order valence-corrected chi connectivity index (χ4v) is 5.31. The number of nitrogens with one attached hydrogen (secondary N) is 1. The summed E-state index contributed by atoms with van der Waals surface area (Å²) in [5.74, 6) is 2.18. The Morgan fingerprint density at radius 2 is 1.18 bits per heavy atom. The molecule has 0 unspecified atom stereocenters. The molecular formula is C32H55N2+. The molecule has 0 radical (unpaired) electrons. The normalized spacial score (nSPS) is 12.3. The van der Waals surface area contributed by atoms with Gasteiger partial charge in [-0.05, 0) is 31.2 Å². The molecule has 192 valence electrons. The topological polar surface area (TPSA) is 19.7 Å². The van der Waals surface area contributed by atoms with Gasteiger partial charge >= 0.3 is 0 Å². The quantitative estimate of drug-likeness (QED) is 0.131. The highest BCUT2D eigenvalue weighted by atomic mass is 15.1. The van der Waals surface area contributed by atoms with Gasteiger partial charge in [-0.15, -0.1) is 0 Å². The van der Waals surface area contributed by atoms with E-state index >= 15 is 0 Å². The summed E-state index contributed by atoms with van der Waals surface area (Å²) in [4.78, 5) is 3.65. The number of aromatic nitrogens is 2. The molecule has 0 amide bonds. The molecule has 1 aromatic carbocycles. The van der Waals surface area contributed by atoms with E-state index < -0.39 is 0 Å². The lowest BCUT2D eigenvalue weighted by atomic mass is 9.93. The summed E-state index contributed by atoms with van der Waals surface area (Å²) in [6, 6.07) is 10.9. The van der Waals surface area contributed by atoms with Crippen molar-refractivity contribution in [2.45, 2.75) is 148 Å². The highest BCUT2D eigenvalue weighted by Crippen LogP contribution is 2.26. The van der Waals surface area contributed by atoms with Crippen molar-refractivity contribution in [1.29, 1.82) is 0 Å². The van der Waals surface area contributed by atoms with Crippen LogP contribution < -0.4 is 4.57 Å². The van der Waals surface area contributed by atoms with Gasteiger partial charge in [-0.2, -0.15) is 0 Å². The zero-order valence-corrected chi connectivity index (χ0v) is 22.7. The van der Waals surface area contributed by atoms with E-state index in [0.717, 1.165) is 13.0 Å². The Hall–Kier alpha value is -1.57. The molecule has 0 spiro atoms. The van der Waals surface area contributed by atoms with Gasteiger partial charge in [0.2, 0.25) is 0 Å². The number of rotatable bonds is 22.